The number of nitrogens with one attached hydrogen (secondary N) is 3. The van der Waals surface area contributed by atoms with E-state index >= 15 is 0 Å². The number of aryl methyl sites for hydroxylation is 1. The summed E-state index contributed by atoms with van der Waals surface area (Å²) < 4.78 is 1.74. The molecule has 0 saturated carbocycles. The Labute approximate surface area is 132 Å². The molecule has 1 fully saturated rings. The van der Waals surface area contributed by atoms with Crippen LogP contribution in [0, 0.1) is 13.8 Å². The van der Waals surface area contributed by atoms with E-state index in [1.54, 1.807) is 4.68 Å². The highest BCUT2D eigenvalue weighted by molar-refractivity contribution is 6.31. The number of nitrogens with zero attached hydrogens (tertiary/aromatic N) is 2. The van der Waals surface area contributed by atoms with Crippen molar-refractivity contribution in [3.8, 4) is 0 Å². The van der Waals surface area contributed by atoms with Crippen molar-refractivity contribution >= 4 is 29.4 Å². The lowest BCUT2D eigenvalue weighted by Crippen LogP contribution is -2.33. The highest BCUT2D eigenvalue weighted by atomic mass is 35.5. The van der Waals surface area contributed by atoms with E-state index in [-0.39, 0.29) is 18.7 Å². The van der Waals surface area contributed by atoms with Crippen LogP contribution in [0.2, 0.25) is 5.02 Å². The van der Waals surface area contributed by atoms with Gasteiger partial charge in [0.2, 0.25) is 5.91 Å². The Morgan fingerprint density at radius 2 is 2.14 bits per heavy atom. The summed E-state index contributed by atoms with van der Waals surface area (Å²) in [5, 5.41) is 12.2. The fraction of sp³-hybridized carbons (Fsp3) is 0.538. The number of aromatic nitrogens is 2. The highest BCUT2D eigenvalue weighted by Crippen LogP contribution is 2.18. The maximum absolute atomic E-state index is 11.7. The molecule has 120 valence electrons. The highest BCUT2D eigenvalue weighted by Gasteiger charge is 2.29. The summed E-state index contributed by atoms with van der Waals surface area (Å²) in [6.07, 6.45) is 0.436. The molecular weight excluding hydrogens is 310 g/mol. The largest absolute Gasteiger partial charge is 0.354 e. The van der Waals surface area contributed by atoms with Crippen LogP contribution >= 0.6 is 11.6 Å². The van der Waals surface area contributed by atoms with E-state index in [4.69, 9.17) is 11.6 Å². The molecule has 0 aromatic carbocycles. The average Bonchev–Trinajstić information content (AvgIpc) is 2.91. The summed E-state index contributed by atoms with van der Waals surface area (Å²) in [5.74, 6) is -0.573. The van der Waals surface area contributed by atoms with Crippen molar-refractivity contribution in [1.82, 2.24) is 25.7 Å². The van der Waals surface area contributed by atoms with Gasteiger partial charge in [-0.3, -0.25) is 19.6 Å². The van der Waals surface area contributed by atoms with Gasteiger partial charge in [0.1, 0.15) is 6.04 Å². The molecule has 0 bridgehead atoms. The van der Waals surface area contributed by atoms with Crippen LogP contribution in [0.5, 0.6) is 0 Å². The number of halogens is 1. The smallest absolute Gasteiger partial charge is 0.322 e. The van der Waals surface area contributed by atoms with Gasteiger partial charge in [0.25, 0.3) is 5.91 Å². The first-order valence-corrected chi connectivity index (χ1v) is 7.34. The normalized spacial score (nSPS) is 17.3. The zero-order valence-corrected chi connectivity index (χ0v) is 13.2. The number of urea groups is 1. The SMILES string of the molecule is Cc1nn(CCNC(=O)CCC2NC(=O)NC2=O)c(C)c1Cl. The molecule has 8 nitrogen and oxygen atoms in total. The van der Waals surface area contributed by atoms with Crippen LogP contribution in [0.3, 0.4) is 0 Å². The molecule has 1 aromatic rings. The Morgan fingerprint density at radius 1 is 1.41 bits per heavy atom. The second-order valence-electron chi connectivity index (χ2n) is 5.11. The second-order valence-corrected chi connectivity index (χ2v) is 5.49. The summed E-state index contributed by atoms with van der Waals surface area (Å²) in [6.45, 7) is 4.63. The first-order chi connectivity index (χ1) is 10.4. The summed E-state index contributed by atoms with van der Waals surface area (Å²) in [5.41, 5.74) is 1.62. The standard InChI is InChI=1S/C13H18ClN5O3/c1-7-11(14)8(2)19(18-7)6-5-15-10(20)4-3-9-12(21)17-13(22)16-9/h9H,3-6H2,1-2H3,(H,15,20)(H2,16,17,21,22). The molecule has 2 rings (SSSR count). The average molecular weight is 328 g/mol. The maximum Gasteiger partial charge on any atom is 0.322 e. The molecule has 1 saturated heterocycles. The fourth-order valence-electron chi connectivity index (χ4n) is 2.22. The molecule has 3 N–H and O–H groups in total. The van der Waals surface area contributed by atoms with Gasteiger partial charge in [0.15, 0.2) is 0 Å². The van der Waals surface area contributed by atoms with Crippen molar-refractivity contribution < 1.29 is 14.4 Å². The molecule has 1 atom stereocenters. The van der Waals surface area contributed by atoms with Crippen LogP contribution in [0.25, 0.3) is 0 Å². The molecule has 2 heterocycles. The Morgan fingerprint density at radius 3 is 2.68 bits per heavy atom. The predicted octanol–water partition coefficient (Wildman–Crippen LogP) is 0.258. The van der Waals surface area contributed by atoms with E-state index in [0.29, 0.717) is 18.1 Å². The van der Waals surface area contributed by atoms with Crippen LogP contribution in [0.1, 0.15) is 24.2 Å². The van der Waals surface area contributed by atoms with Crippen molar-refractivity contribution in [2.75, 3.05) is 6.54 Å². The van der Waals surface area contributed by atoms with E-state index in [2.05, 4.69) is 21.0 Å². The lowest BCUT2D eigenvalue weighted by molar-refractivity contribution is -0.122. The van der Waals surface area contributed by atoms with Gasteiger partial charge in [-0.15, -0.1) is 0 Å². The quantitative estimate of drug-likeness (QED) is 0.652. The first-order valence-electron chi connectivity index (χ1n) is 6.96. The van der Waals surface area contributed by atoms with Gasteiger partial charge in [-0.1, -0.05) is 11.6 Å². The predicted molar refractivity (Wildman–Crippen MR) is 79.4 cm³/mol. The van der Waals surface area contributed by atoms with E-state index in [1.165, 1.54) is 0 Å². The maximum atomic E-state index is 11.7. The second kappa shape index (κ2) is 6.78. The zero-order valence-electron chi connectivity index (χ0n) is 12.4. The number of hydrogen-bond donors (Lipinski definition) is 3. The van der Waals surface area contributed by atoms with Gasteiger partial charge in [-0.05, 0) is 20.3 Å². The van der Waals surface area contributed by atoms with Gasteiger partial charge in [0.05, 0.1) is 23.0 Å². The number of carbonyl (C=O) groups excluding carboxylic acids is 3. The van der Waals surface area contributed by atoms with Crippen molar-refractivity contribution in [2.24, 2.45) is 0 Å². The minimum Gasteiger partial charge on any atom is -0.354 e. The van der Waals surface area contributed by atoms with Gasteiger partial charge in [0, 0.05) is 13.0 Å². The van der Waals surface area contributed by atoms with Crippen LogP contribution in [0.4, 0.5) is 4.79 Å². The minimum atomic E-state index is -0.631. The third-order valence-corrected chi connectivity index (χ3v) is 4.00. The molecule has 0 radical (unpaired) electrons. The fourth-order valence-corrected chi connectivity index (χ4v) is 2.36. The van der Waals surface area contributed by atoms with E-state index in [9.17, 15) is 14.4 Å². The Balaban J connectivity index is 1.71. The summed E-state index contributed by atoms with van der Waals surface area (Å²) in [7, 11) is 0. The van der Waals surface area contributed by atoms with Crippen LogP contribution in [-0.4, -0.2) is 40.2 Å². The molecule has 1 aliphatic rings. The van der Waals surface area contributed by atoms with E-state index in [0.717, 1.165) is 11.4 Å². The van der Waals surface area contributed by atoms with Crippen LogP contribution in [-0.2, 0) is 16.1 Å². The molecular formula is C13H18ClN5O3. The van der Waals surface area contributed by atoms with Gasteiger partial charge in [-0.2, -0.15) is 5.10 Å². The molecule has 4 amide bonds. The molecule has 1 aliphatic heterocycles. The Bertz CT molecular complexity index is 613. The number of hydrogen-bond acceptors (Lipinski definition) is 4. The van der Waals surface area contributed by atoms with Gasteiger partial charge < -0.3 is 10.6 Å². The third-order valence-electron chi connectivity index (χ3n) is 3.46. The van der Waals surface area contributed by atoms with Crippen molar-refractivity contribution in [2.45, 2.75) is 39.3 Å². The lowest BCUT2D eigenvalue weighted by Gasteiger charge is -2.09. The van der Waals surface area contributed by atoms with Gasteiger partial charge >= 0.3 is 6.03 Å². The number of imide groups is 1. The number of amides is 4. The molecule has 1 unspecified atom stereocenters. The molecule has 0 spiro atoms. The summed E-state index contributed by atoms with van der Waals surface area (Å²) in [6, 6.07) is -1.15. The lowest BCUT2D eigenvalue weighted by atomic mass is 10.1. The number of carbonyl (C=O) groups is 3. The first kappa shape index (κ1) is 16.3. The van der Waals surface area contributed by atoms with Crippen molar-refractivity contribution in [1.29, 1.82) is 0 Å². The monoisotopic (exact) mass is 327 g/mol. The third kappa shape index (κ3) is 3.76. The zero-order chi connectivity index (χ0) is 16.3. The Kier molecular flexibility index (Phi) is 5.02. The topological polar surface area (TPSA) is 105 Å². The van der Waals surface area contributed by atoms with E-state index < -0.39 is 18.0 Å². The molecule has 0 aliphatic carbocycles. The van der Waals surface area contributed by atoms with Gasteiger partial charge in [-0.25, -0.2) is 4.79 Å². The Hall–Kier alpha value is -2.09. The number of rotatable bonds is 6. The molecule has 22 heavy (non-hydrogen) atoms. The molecule has 1 aromatic heterocycles. The molecule has 9 heteroatoms. The van der Waals surface area contributed by atoms with Crippen LogP contribution in [0.15, 0.2) is 0 Å². The summed E-state index contributed by atoms with van der Waals surface area (Å²) in [4.78, 5) is 34.0. The summed E-state index contributed by atoms with van der Waals surface area (Å²) >= 11 is 6.04. The van der Waals surface area contributed by atoms with Crippen molar-refractivity contribution in [3.05, 3.63) is 16.4 Å². The van der Waals surface area contributed by atoms with Crippen molar-refractivity contribution in [3.63, 3.8) is 0 Å². The van der Waals surface area contributed by atoms with Crippen LogP contribution < -0.4 is 16.0 Å². The van der Waals surface area contributed by atoms with E-state index in [1.807, 2.05) is 13.8 Å². The minimum absolute atomic E-state index is 0.163.